The van der Waals surface area contributed by atoms with E-state index in [1.165, 1.54) is 15.8 Å². The van der Waals surface area contributed by atoms with Crippen molar-refractivity contribution in [1.82, 2.24) is 4.90 Å². The molecule has 1 aliphatic rings. The van der Waals surface area contributed by atoms with Gasteiger partial charge in [0.15, 0.2) is 0 Å². The first-order valence-electron chi connectivity index (χ1n) is 6.60. The van der Waals surface area contributed by atoms with Crippen LogP contribution in [-0.2, 0) is 0 Å². The van der Waals surface area contributed by atoms with E-state index >= 15 is 0 Å². The summed E-state index contributed by atoms with van der Waals surface area (Å²) in [5.74, 6) is 1.48. The summed E-state index contributed by atoms with van der Waals surface area (Å²) in [5, 5.41) is 2.08. The first kappa shape index (κ1) is 13.4. The molecule has 0 aliphatic carbocycles. The topological polar surface area (TPSA) is 20.3 Å². The summed E-state index contributed by atoms with van der Waals surface area (Å²) in [6.07, 6.45) is 3.33. The fourth-order valence-corrected chi connectivity index (χ4v) is 5.05. The molecule has 2 aromatic heterocycles. The molecule has 5 heteroatoms. The van der Waals surface area contributed by atoms with E-state index in [0.717, 1.165) is 30.8 Å². The van der Waals surface area contributed by atoms with Gasteiger partial charge in [-0.1, -0.05) is 0 Å². The van der Waals surface area contributed by atoms with Crippen molar-refractivity contribution in [2.75, 3.05) is 19.0 Å². The van der Waals surface area contributed by atoms with Gasteiger partial charge < -0.3 is 4.90 Å². The number of hydrogen-bond donors (Lipinski definition) is 0. The van der Waals surface area contributed by atoms with E-state index in [2.05, 4.69) is 11.4 Å². The summed E-state index contributed by atoms with van der Waals surface area (Å²) in [4.78, 5) is 15.4. The number of thiophene rings is 2. The molecule has 1 atom stereocenters. The highest BCUT2D eigenvalue weighted by Gasteiger charge is 2.25. The lowest BCUT2D eigenvalue weighted by Gasteiger charge is -2.32. The molecule has 3 heterocycles. The summed E-state index contributed by atoms with van der Waals surface area (Å²) in [6, 6.07) is 4.13. The van der Waals surface area contributed by atoms with Gasteiger partial charge in [-0.05, 0) is 42.7 Å². The smallest absolute Gasteiger partial charge is 0.264 e. The number of halogens is 1. The Bertz CT molecular complexity index is 546. The average Bonchev–Trinajstić information content (AvgIpc) is 2.99. The van der Waals surface area contributed by atoms with Gasteiger partial charge in [0.1, 0.15) is 0 Å². The molecular formula is C14H16ClNOS2. The maximum atomic E-state index is 12.5. The number of nitrogens with zero attached hydrogens (tertiary/aromatic N) is 1. The number of carbonyl (C=O) groups excluding carboxylic acids is 1. The van der Waals surface area contributed by atoms with Crippen molar-refractivity contribution >= 4 is 49.6 Å². The summed E-state index contributed by atoms with van der Waals surface area (Å²) < 4.78 is 2.45. The lowest BCUT2D eigenvalue weighted by atomic mass is 9.95. The Morgan fingerprint density at radius 3 is 3.16 bits per heavy atom. The predicted molar refractivity (Wildman–Crippen MR) is 83.7 cm³/mol. The van der Waals surface area contributed by atoms with E-state index in [4.69, 9.17) is 11.6 Å². The van der Waals surface area contributed by atoms with Gasteiger partial charge in [-0.2, -0.15) is 0 Å². The second-order valence-corrected chi connectivity index (χ2v) is 7.41. The summed E-state index contributed by atoms with van der Waals surface area (Å²) in [7, 11) is 0. The quantitative estimate of drug-likeness (QED) is 0.767. The number of carbonyl (C=O) groups is 1. The van der Waals surface area contributed by atoms with Crippen molar-refractivity contribution in [2.24, 2.45) is 5.92 Å². The molecule has 0 saturated carbocycles. The molecule has 0 spiro atoms. The van der Waals surface area contributed by atoms with Crippen molar-refractivity contribution in [3.8, 4) is 0 Å². The minimum atomic E-state index is 0.202. The molecule has 1 aliphatic heterocycles. The number of rotatable bonds is 3. The fourth-order valence-electron chi connectivity index (χ4n) is 2.67. The number of amides is 1. The molecule has 1 amide bonds. The molecule has 0 bridgehead atoms. The third-order valence-corrected chi connectivity index (χ3v) is 5.97. The second-order valence-electron chi connectivity index (χ2n) is 5.00. The Labute approximate surface area is 126 Å². The van der Waals surface area contributed by atoms with Crippen LogP contribution in [0.15, 0.2) is 17.5 Å². The van der Waals surface area contributed by atoms with Gasteiger partial charge in [-0.25, -0.2) is 0 Å². The lowest BCUT2D eigenvalue weighted by Crippen LogP contribution is -2.39. The van der Waals surface area contributed by atoms with E-state index in [9.17, 15) is 4.79 Å². The van der Waals surface area contributed by atoms with Crippen LogP contribution >= 0.6 is 34.3 Å². The Morgan fingerprint density at radius 2 is 2.37 bits per heavy atom. The number of likely N-dealkylation sites (tertiary alicyclic amines) is 1. The zero-order valence-electron chi connectivity index (χ0n) is 10.6. The van der Waals surface area contributed by atoms with E-state index in [1.54, 1.807) is 22.7 Å². The Hall–Kier alpha value is -0.580. The van der Waals surface area contributed by atoms with Crippen LogP contribution in [0.5, 0.6) is 0 Å². The highest BCUT2D eigenvalue weighted by atomic mass is 35.5. The molecule has 0 N–H and O–H groups in total. The van der Waals surface area contributed by atoms with Crippen LogP contribution in [0.4, 0.5) is 0 Å². The summed E-state index contributed by atoms with van der Waals surface area (Å²) >= 11 is 9.13. The largest absolute Gasteiger partial charge is 0.338 e. The minimum Gasteiger partial charge on any atom is -0.338 e. The lowest BCUT2D eigenvalue weighted by molar-refractivity contribution is 0.0676. The van der Waals surface area contributed by atoms with Crippen LogP contribution in [0.1, 0.15) is 28.9 Å². The highest BCUT2D eigenvalue weighted by Crippen LogP contribution is 2.31. The summed E-state index contributed by atoms with van der Waals surface area (Å²) in [5.41, 5.74) is 0. The standard InChI is InChI=1S/C14H16ClNOS2/c15-5-3-10-2-1-6-16(9-10)14(17)13-8-12-11(19-13)4-7-18-12/h4,7-8,10H,1-3,5-6,9H2. The molecule has 19 heavy (non-hydrogen) atoms. The molecule has 0 aromatic carbocycles. The van der Waals surface area contributed by atoms with Gasteiger partial charge >= 0.3 is 0 Å². The number of piperidine rings is 1. The van der Waals surface area contributed by atoms with Gasteiger partial charge in [0.05, 0.1) is 4.88 Å². The number of fused-ring (bicyclic) bond motifs is 1. The summed E-state index contributed by atoms with van der Waals surface area (Å²) in [6.45, 7) is 1.76. The van der Waals surface area contributed by atoms with Crippen LogP contribution in [0.2, 0.25) is 0 Å². The molecule has 1 saturated heterocycles. The first-order chi connectivity index (χ1) is 9.28. The monoisotopic (exact) mass is 313 g/mol. The van der Waals surface area contributed by atoms with Crippen LogP contribution < -0.4 is 0 Å². The van der Waals surface area contributed by atoms with E-state index in [0.29, 0.717) is 11.8 Å². The van der Waals surface area contributed by atoms with Crippen molar-refractivity contribution in [2.45, 2.75) is 19.3 Å². The van der Waals surface area contributed by atoms with Crippen LogP contribution in [0.25, 0.3) is 9.40 Å². The molecule has 1 unspecified atom stereocenters. The van der Waals surface area contributed by atoms with Crippen molar-refractivity contribution in [3.05, 3.63) is 22.4 Å². The van der Waals surface area contributed by atoms with Gasteiger partial charge in [0, 0.05) is 28.4 Å². The third-order valence-electron chi connectivity index (χ3n) is 3.67. The Morgan fingerprint density at radius 1 is 1.47 bits per heavy atom. The van der Waals surface area contributed by atoms with E-state index in [-0.39, 0.29) is 5.91 Å². The predicted octanol–water partition coefficient (Wildman–Crippen LogP) is 4.44. The van der Waals surface area contributed by atoms with E-state index in [1.807, 2.05) is 11.0 Å². The Balaban J connectivity index is 1.74. The molecule has 0 radical (unpaired) electrons. The molecule has 102 valence electrons. The molecule has 2 nitrogen and oxygen atoms in total. The van der Waals surface area contributed by atoms with Crippen LogP contribution in [0.3, 0.4) is 0 Å². The third kappa shape index (κ3) is 2.81. The molecule has 2 aromatic rings. The normalized spacial score (nSPS) is 20.1. The molecular weight excluding hydrogens is 298 g/mol. The zero-order chi connectivity index (χ0) is 13.2. The number of alkyl halides is 1. The van der Waals surface area contributed by atoms with Crippen LogP contribution in [-0.4, -0.2) is 29.8 Å². The van der Waals surface area contributed by atoms with Crippen molar-refractivity contribution < 1.29 is 4.79 Å². The van der Waals surface area contributed by atoms with Crippen molar-refractivity contribution in [3.63, 3.8) is 0 Å². The van der Waals surface area contributed by atoms with Gasteiger partial charge in [-0.3, -0.25) is 4.79 Å². The zero-order valence-corrected chi connectivity index (χ0v) is 13.0. The second kappa shape index (κ2) is 5.81. The number of hydrogen-bond acceptors (Lipinski definition) is 3. The van der Waals surface area contributed by atoms with Crippen LogP contribution in [0, 0.1) is 5.92 Å². The molecule has 1 fully saturated rings. The SMILES string of the molecule is O=C(c1cc2sccc2s1)N1CCCC(CCCl)C1. The van der Waals surface area contributed by atoms with Gasteiger partial charge in [-0.15, -0.1) is 34.3 Å². The first-order valence-corrected chi connectivity index (χ1v) is 8.83. The van der Waals surface area contributed by atoms with Gasteiger partial charge in [0.25, 0.3) is 5.91 Å². The highest BCUT2D eigenvalue weighted by molar-refractivity contribution is 7.27. The molecule has 3 rings (SSSR count). The van der Waals surface area contributed by atoms with Gasteiger partial charge in [0.2, 0.25) is 0 Å². The maximum Gasteiger partial charge on any atom is 0.264 e. The fraction of sp³-hybridized carbons (Fsp3) is 0.500. The average molecular weight is 314 g/mol. The minimum absolute atomic E-state index is 0.202. The van der Waals surface area contributed by atoms with E-state index < -0.39 is 0 Å². The maximum absolute atomic E-state index is 12.5. The Kier molecular flexibility index (Phi) is 4.10. The van der Waals surface area contributed by atoms with Crippen molar-refractivity contribution in [1.29, 1.82) is 0 Å².